The molecule has 0 heterocycles. The highest BCUT2D eigenvalue weighted by Crippen LogP contribution is 2.29. The van der Waals surface area contributed by atoms with E-state index in [-0.39, 0.29) is 0 Å². The molecule has 0 aliphatic heterocycles. The summed E-state index contributed by atoms with van der Waals surface area (Å²) in [4.78, 5) is 11.2. The molecule has 25 heavy (non-hydrogen) atoms. The molecule has 5 N–H and O–H groups in total. The summed E-state index contributed by atoms with van der Waals surface area (Å²) < 4.78 is 31.6. The molecule has 0 aliphatic rings. The van der Waals surface area contributed by atoms with E-state index in [1.165, 1.54) is 0 Å². The molecule has 2 aromatic carbocycles. The Bertz CT molecular complexity index is 755. The molecule has 0 saturated carbocycles. The third-order valence-electron chi connectivity index (χ3n) is 3.10. The first kappa shape index (κ1) is 21.4. The lowest BCUT2D eigenvalue weighted by atomic mass is 9.85. The Hall–Kier alpha value is -1.68. The van der Waals surface area contributed by atoms with Crippen molar-refractivity contribution in [2.45, 2.75) is 12.0 Å². The van der Waals surface area contributed by atoms with Gasteiger partial charge in [-0.25, -0.2) is 0 Å². The van der Waals surface area contributed by atoms with Gasteiger partial charge >= 0.3 is 16.4 Å². The van der Waals surface area contributed by atoms with Crippen LogP contribution in [0.4, 0.5) is 0 Å². The summed E-state index contributed by atoms with van der Waals surface area (Å²) in [6.07, 6.45) is 0. The zero-order chi connectivity index (χ0) is 19.2. The largest absolute Gasteiger partial charge is 0.480 e. The maximum absolute atomic E-state index is 11.2. The van der Waals surface area contributed by atoms with Crippen molar-refractivity contribution in [3.63, 3.8) is 0 Å². The summed E-state index contributed by atoms with van der Waals surface area (Å²) in [7, 11) is -4.67. The van der Waals surface area contributed by atoms with Crippen molar-refractivity contribution in [3.8, 4) is 0 Å². The van der Waals surface area contributed by atoms with E-state index in [9.17, 15) is 9.90 Å². The second-order valence-electron chi connectivity index (χ2n) is 4.89. The minimum atomic E-state index is -4.67. The van der Waals surface area contributed by atoms with Gasteiger partial charge in [0.15, 0.2) is 0 Å². The van der Waals surface area contributed by atoms with E-state index in [1.807, 2.05) is 0 Å². The third-order valence-corrected chi connectivity index (χ3v) is 3.61. The fourth-order valence-corrected chi connectivity index (χ4v) is 2.34. The summed E-state index contributed by atoms with van der Waals surface area (Å²) in [5, 5.41) is 10.4. The van der Waals surface area contributed by atoms with Gasteiger partial charge in [-0.05, 0) is 35.4 Å². The first-order valence-corrected chi connectivity index (χ1v) is 8.83. The fourth-order valence-electron chi connectivity index (χ4n) is 2.09. The molecule has 0 aromatic heterocycles. The minimum absolute atomic E-state index is 0.456. The molecule has 136 valence electrons. The monoisotopic (exact) mass is 407 g/mol. The summed E-state index contributed by atoms with van der Waals surface area (Å²) >= 11 is 11.7. The molecule has 2 rings (SSSR count). The number of carbonyl (C=O) groups is 1. The smallest absolute Gasteiger partial charge is 0.394 e. The van der Waals surface area contributed by atoms with Crippen molar-refractivity contribution < 1.29 is 27.4 Å². The summed E-state index contributed by atoms with van der Waals surface area (Å²) in [5.74, 6) is -1.51. The van der Waals surface area contributed by atoms with E-state index in [2.05, 4.69) is 0 Å². The molecule has 0 spiro atoms. The van der Waals surface area contributed by atoms with E-state index in [0.29, 0.717) is 10.0 Å². The maximum atomic E-state index is 11.2. The molecule has 0 bridgehead atoms. The van der Waals surface area contributed by atoms with Crippen LogP contribution in [0.1, 0.15) is 17.0 Å². The van der Waals surface area contributed by atoms with E-state index in [0.717, 1.165) is 11.1 Å². The molecule has 1 atom stereocenters. The topological polar surface area (TPSA) is 138 Å². The molecule has 0 fully saturated rings. The SMILES string of the molecule is N[C@H](C(=O)O)C(c1ccc(Cl)cc1)c1ccc(Cl)cc1.O=S(=O)(O)O. The highest BCUT2D eigenvalue weighted by Gasteiger charge is 2.27. The van der Waals surface area contributed by atoms with Crippen molar-refractivity contribution in [1.29, 1.82) is 0 Å². The zero-order valence-corrected chi connectivity index (χ0v) is 14.9. The van der Waals surface area contributed by atoms with E-state index < -0.39 is 28.3 Å². The van der Waals surface area contributed by atoms with Crippen molar-refractivity contribution in [2.75, 3.05) is 0 Å². The molecule has 0 unspecified atom stereocenters. The number of halogens is 2. The van der Waals surface area contributed by atoms with E-state index >= 15 is 0 Å². The highest BCUT2D eigenvalue weighted by molar-refractivity contribution is 7.79. The average molecular weight is 408 g/mol. The summed E-state index contributed by atoms with van der Waals surface area (Å²) in [6, 6.07) is 13.0. The lowest BCUT2D eigenvalue weighted by Gasteiger charge is -2.22. The molecular formula is C15H15Cl2NO6S. The van der Waals surface area contributed by atoms with Gasteiger partial charge < -0.3 is 10.8 Å². The molecule has 0 radical (unpaired) electrons. The second-order valence-corrected chi connectivity index (χ2v) is 6.66. The van der Waals surface area contributed by atoms with Crippen LogP contribution < -0.4 is 5.73 Å². The first-order valence-electron chi connectivity index (χ1n) is 6.68. The van der Waals surface area contributed by atoms with Gasteiger partial charge in [-0.3, -0.25) is 13.9 Å². The van der Waals surface area contributed by atoms with Gasteiger partial charge in [-0.1, -0.05) is 47.5 Å². The lowest BCUT2D eigenvalue weighted by Crippen LogP contribution is -2.37. The van der Waals surface area contributed by atoms with Crippen LogP contribution in [0.3, 0.4) is 0 Å². The Morgan fingerprint density at radius 2 is 1.16 bits per heavy atom. The van der Waals surface area contributed by atoms with Gasteiger partial charge in [-0.2, -0.15) is 8.42 Å². The van der Waals surface area contributed by atoms with Gasteiger partial charge in [0.05, 0.1) is 0 Å². The number of carboxylic acid groups (broad SMARTS) is 1. The Morgan fingerprint density at radius 1 is 0.880 bits per heavy atom. The number of rotatable bonds is 4. The number of carboxylic acids is 1. The van der Waals surface area contributed by atoms with Crippen molar-refractivity contribution >= 4 is 39.6 Å². The Balaban J connectivity index is 0.000000550. The van der Waals surface area contributed by atoms with E-state index in [4.69, 9.17) is 46.5 Å². The Labute approximate surface area is 154 Å². The normalized spacial score (nSPS) is 12.2. The molecule has 0 amide bonds. The van der Waals surface area contributed by atoms with Crippen LogP contribution in [-0.4, -0.2) is 34.6 Å². The molecule has 7 nitrogen and oxygen atoms in total. The maximum Gasteiger partial charge on any atom is 0.394 e. The number of hydrogen-bond acceptors (Lipinski definition) is 4. The predicted molar refractivity (Wildman–Crippen MR) is 94.5 cm³/mol. The van der Waals surface area contributed by atoms with Gasteiger partial charge in [0.25, 0.3) is 0 Å². The van der Waals surface area contributed by atoms with Gasteiger partial charge in [0.2, 0.25) is 0 Å². The van der Waals surface area contributed by atoms with Crippen LogP contribution in [0, 0.1) is 0 Å². The van der Waals surface area contributed by atoms with Crippen molar-refractivity contribution in [2.24, 2.45) is 5.73 Å². The van der Waals surface area contributed by atoms with Gasteiger partial charge in [0.1, 0.15) is 6.04 Å². The van der Waals surface area contributed by atoms with Gasteiger partial charge in [0, 0.05) is 16.0 Å². The minimum Gasteiger partial charge on any atom is -0.480 e. The second kappa shape index (κ2) is 9.14. The van der Waals surface area contributed by atoms with Crippen LogP contribution >= 0.6 is 23.2 Å². The Kier molecular flexibility index (Phi) is 7.81. The van der Waals surface area contributed by atoms with Crippen LogP contribution in [0.15, 0.2) is 48.5 Å². The molecular weight excluding hydrogens is 393 g/mol. The average Bonchev–Trinajstić information content (AvgIpc) is 2.49. The quantitative estimate of drug-likeness (QED) is 0.571. The molecule has 10 heteroatoms. The summed E-state index contributed by atoms with van der Waals surface area (Å²) in [6.45, 7) is 0. The highest BCUT2D eigenvalue weighted by atomic mass is 35.5. The van der Waals surface area contributed by atoms with Crippen LogP contribution in [-0.2, 0) is 15.2 Å². The van der Waals surface area contributed by atoms with Gasteiger partial charge in [-0.15, -0.1) is 0 Å². The molecule has 0 saturated heterocycles. The fraction of sp³-hybridized carbons (Fsp3) is 0.133. The van der Waals surface area contributed by atoms with Crippen LogP contribution in [0.2, 0.25) is 10.0 Å². The number of nitrogens with two attached hydrogens (primary N) is 1. The van der Waals surface area contributed by atoms with Crippen LogP contribution in [0.25, 0.3) is 0 Å². The third kappa shape index (κ3) is 7.82. The molecule has 2 aromatic rings. The number of hydrogen-bond donors (Lipinski definition) is 4. The van der Waals surface area contributed by atoms with Crippen LogP contribution in [0.5, 0.6) is 0 Å². The Morgan fingerprint density at radius 3 is 1.40 bits per heavy atom. The first-order chi connectivity index (χ1) is 11.5. The zero-order valence-electron chi connectivity index (χ0n) is 12.6. The standard InChI is InChI=1S/C15H13Cl2NO2.H2O4S/c16-11-5-1-9(2-6-11)13(14(18)15(19)20)10-3-7-12(17)8-4-10;1-5(2,3)4/h1-8,13-14H,18H2,(H,19,20);(H2,1,2,3,4)/t14-;/m0./s1. The molecule has 0 aliphatic carbocycles. The number of aliphatic carboxylic acids is 1. The lowest BCUT2D eigenvalue weighted by molar-refractivity contribution is -0.138. The van der Waals surface area contributed by atoms with Crippen molar-refractivity contribution in [3.05, 3.63) is 69.7 Å². The van der Waals surface area contributed by atoms with Crippen molar-refractivity contribution in [1.82, 2.24) is 0 Å². The predicted octanol–water partition coefficient (Wildman–Crippen LogP) is 2.88. The number of benzene rings is 2. The summed E-state index contributed by atoms with van der Waals surface area (Å²) in [5.41, 5.74) is 7.43. The van der Waals surface area contributed by atoms with E-state index in [1.54, 1.807) is 48.5 Å².